The van der Waals surface area contributed by atoms with Crippen molar-refractivity contribution in [2.24, 2.45) is 0 Å². The van der Waals surface area contributed by atoms with E-state index in [0.29, 0.717) is 0 Å². The number of aryl methyl sites for hydroxylation is 1. The fraction of sp³-hybridized carbons (Fsp3) is 0.571. The van der Waals surface area contributed by atoms with E-state index in [1.165, 1.54) is 17.7 Å². The van der Waals surface area contributed by atoms with Crippen LogP contribution in [0.5, 0.6) is 0 Å². The largest absolute Gasteiger partial charge is 0.399 e. The molecule has 0 saturated heterocycles. The highest BCUT2D eigenvalue weighted by Gasteiger charge is 2.20. The summed E-state index contributed by atoms with van der Waals surface area (Å²) in [5.74, 6) is 0. The zero-order valence-corrected chi connectivity index (χ0v) is 10.7. The average molecular weight is 234 g/mol. The summed E-state index contributed by atoms with van der Waals surface area (Å²) in [6.45, 7) is 5.67. The Morgan fingerprint density at radius 3 is 2.88 bits per heavy atom. The molecule has 0 amide bonds. The van der Waals surface area contributed by atoms with Crippen LogP contribution >= 0.6 is 0 Å². The number of fused-ring (bicyclic) bond motifs is 1. The Morgan fingerprint density at radius 2 is 2.18 bits per heavy atom. The molecule has 1 aliphatic heterocycles. The van der Waals surface area contributed by atoms with Crippen LogP contribution in [0.3, 0.4) is 0 Å². The van der Waals surface area contributed by atoms with Crippen LogP contribution in [-0.4, -0.2) is 23.8 Å². The Morgan fingerprint density at radius 1 is 1.41 bits per heavy atom. The summed E-state index contributed by atoms with van der Waals surface area (Å²) in [6, 6.07) is 6.15. The summed E-state index contributed by atoms with van der Waals surface area (Å²) < 4.78 is 0. The quantitative estimate of drug-likeness (QED) is 0.788. The second-order valence-corrected chi connectivity index (χ2v) is 5.54. The first kappa shape index (κ1) is 12.2. The second kappa shape index (κ2) is 4.57. The first-order valence-electron chi connectivity index (χ1n) is 6.31. The molecule has 1 aromatic rings. The molecule has 0 fully saturated rings. The number of nitrogens with two attached hydrogens (primary N) is 1. The Bertz CT molecular complexity index is 396. The van der Waals surface area contributed by atoms with Crippen LogP contribution in [0.15, 0.2) is 18.2 Å². The molecule has 1 aromatic carbocycles. The van der Waals surface area contributed by atoms with E-state index in [4.69, 9.17) is 5.73 Å². The summed E-state index contributed by atoms with van der Waals surface area (Å²) in [6.07, 6.45) is 3.10. The highest BCUT2D eigenvalue weighted by molar-refractivity contribution is 5.62. The molecular formula is C14H22N2O. The van der Waals surface area contributed by atoms with Crippen LogP contribution < -0.4 is 10.6 Å². The SMILES string of the molecule is CC(C)(O)CCN1CCCc2ccc(N)cc21. The van der Waals surface area contributed by atoms with Crippen LogP contribution in [0.25, 0.3) is 0 Å². The van der Waals surface area contributed by atoms with Crippen molar-refractivity contribution in [3.8, 4) is 0 Å². The molecule has 1 heterocycles. The summed E-state index contributed by atoms with van der Waals surface area (Å²) in [5.41, 5.74) is 8.70. The van der Waals surface area contributed by atoms with Crippen molar-refractivity contribution in [2.45, 2.75) is 38.7 Å². The van der Waals surface area contributed by atoms with E-state index in [1.54, 1.807) is 0 Å². The van der Waals surface area contributed by atoms with Gasteiger partial charge in [0.15, 0.2) is 0 Å². The van der Waals surface area contributed by atoms with Crippen LogP contribution in [0.2, 0.25) is 0 Å². The summed E-state index contributed by atoms with van der Waals surface area (Å²) in [4.78, 5) is 2.34. The number of rotatable bonds is 3. The minimum absolute atomic E-state index is 0.599. The molecule has 2 rings (SSSR count). The fourth-order valence-electron chi connectivity index (χ4n) is 2.31. The van der Waals surface area contributed by atoms with Crippen molar-refractivity contribution in [1.82, 2.24) is 0 Å². The van der Waals surface area contributed by atoms with Gasteiger partial charge in [-0.15, -0.1) is 0 Å². The third kappa shape index (κ3) is 3.13. The van der Waals surface area contributed by atoms with E-state index in [-0.39, 0.29) is 0 Å². The molecule has 1 aliphatic rings. The third-order valence-corrected chi connectivity index (χ3v) is 3.32. The molecule has 0 radical (unpaired) electrons. The minimum Gasteiger partial charge on any atom is -0.399 e. The van der Waals surface area contributed by atoms with Gasteiger partial charge in [-0.2, -0.15) is 0 Å². The number of hydrogen-bond donors (Lipinski definition) is 2. The van der Waals surface area contributed by atoms with Crippen molar-refractivity contribution >= 4 is 11.4 Å². The second-order valence-electron chi connectivity index (χ2n) is 5.54. The van der Waals surface area contributed by atoms with Crippen LogP contribution in [0, 0.1) is 0 Å². The zero-order chi connectivity index (χ0) is 12.5. The van der Waals surface area contributed by atoms with Crippen molar-refractivity contribution in [3.05, 3.63) is 23.8 Å². The highest BCUT2D eigenvalue weighted by atomic mass is 16.3. The van der Waals surface area contributed by atoms with Crippen LogP contribution in [-0.2, 0) is 6.42 Å². The predicted molar refractivity (Wildman–Crippen MR) is 72.3 cm³/mol. The normalized spacial score (nSPS) is 15.8. The lowest BCUT2D eigenvalue weighted by atomic mass is 9.99. The lowest BCUT2D eigenvalue weighted by molar-refractivity contribution is 0.0730. The number of anilines is 2. The topological polar surface area (TPSA) is 49.5 Å². The van der Waals surface area contributed by atoms with Gasteiger partial charge in [0.2, 0.25) is 0 Å². The first-order valence-corrected chi connectivity index (χ1v) is 6.31. The summed E-state index contributed by atoms with van der Waals surface area (Å²) in [5, 5.41) is 9.80. The molecule has 0 saturated carbocycles. The lowest BCUT2D eigenvalue weighted by Gasteiger charge is -2.33. The van der Waals surface area contributed by atoms with E-state index in [1.807, 2.05) is 19.9 Å². The van der Waals surface area contributed by atoms with E-state index >= 15 is 0 Å². The Kier molecular flexibility index (Phi) is 3.29. The summed E-state index contributed by atoms with van der Waals surface area (Å²) in [7, 11) is 0. The molecule has 0 unspecified atom stereocenters. The van der Waals surface area contributed by atoms with E-state index in [9.17, 15) is 5.11 Å². The highest BCUT2D eigenvalue weighted by Crippen LogP contribution is 2.29. The van der Waals surface area contributed by atoms with Gasteiger partial charge in [-0.3, -0.25) is 0 Å². The standard InChI is InChI=1S/C14H22N2O/c1-14(2,17)7-9-16-8-3-4-11-5-6-12(15)10-13(11)16/h5-6,10,17H,3-4,7-9,15H2,1-2H3. The Balaban J connectivity index is 2.14. The number of hydrogen-bond acceptors (Lipinski definition) is 3. The van der Waals surface area contributed by atoms with Gasteiger partial charge in [-0.25, -0.2) is 0 Å². The van der Waals surface area contributed by atoms with Gasteiger partial charge in [-0.05, 0) is 50.8 Å². The molecule has 3 heteroatoms. The molecule has 3 nitrogen and oxygen atoms in total. The maximum Gasteiger partial charge on any atom is 0.0608 e. The third-order valence-electron chi connectivity index (χ3n) is 3.32. The summed E-state index contributed by atoms with van der Waals surface area (Å²) >= 11 is 0. The van der Waals surface area contributed by atoms with Gasteiger partial charge in [0.05, 0.1) is 5.60 Å². The van der Waals surface area contributed by atoms with Crippen LogP contribution in [0.4, 0.5) is 11.4 Å². The molecule has 0 aliphatic carbocycles. The van der Waals surface area contributed by atoms with Gasteiger partial charge >= 0.3 is 0 Å². The molecule has 0 bridgehead atoms. The van der Waals surface area contributed by atoms with Gasteiger partial charge in [0.1, 0.15) is 0 Å². The molecule has 0 atom stereocenters. The molecule has 3 N–H and O–H groups in total. The fourth-order valence-corrected chi connectivity index (χ4v) is 2.31. The molecule has 17 heavy (non-hydrogen) atoms. The number of nitrogens with zero attached hydrogens (tertiary/aromatic N) is 1. The van der Waals surface area contributed by atoms with Crippen molar-refractivity contribution in [3.63, 3.8) is 0 Å². The monoisotopic (exact) mass is 234 g/mol. The van der Waals surface area contributed by atoms with Crippen LogP contribution in [0.1, 0.15) is 32.3 Å². The van der Waals surface area contributed by atoms with E-state index in [0.717, 1.165) is 31.6 Å². The predicted octanol–water partition coefficient (Wildman–Crippen LogP) is 2.18. The lowest BCUT2D eigenvalue weighted by Crippen LogP contribution is -2.34. The number of nitrogen functional groups attached to an aromatic ring is 1. The van der Waals surface area contributed by atoms with E-state index < -0.39 is 5.60 Å². The average Bonchev–Trinajstić information content (AvgIpc) is 2.25. The number of benzene rings is 1. The van der Waals surface area contributed by atoms with Gasteiger partial charge < -0.3 is 15.7 Å². The number of aliphatic hydroxyl groups is 1. The molecule has 0 spiro atoms. The van der Waals surface area contributed by atoms with Crippen molar-refractivity contribution in [1.29, 1.82) is 0 Å². The van der Waals surface area contributed by atoms with Crippen molar-refractivity contribution in [2.75, 3.05) is 23.7 Å². The molecule has 0 aromatic heterocycles. The van der Waals surface area contributed by atoms with E-state index in [2.05, 4.69) is 17.0 Å². The van der Waals surface area contributed by atoms with Crippen molar-refractivity contribution < 1.29 is 5.11 Å². The first-order chi connectivity index (χ1) is 7.96. The maximum atomic E-state index is 9.80. The smallest absolute Gasteiger partial charge is 0.0608 e. The zero-order valence-electron chi connectivity index (χ0n) is 10.7. The minimum atomic E-state index is -0.599. The molecular weight excluding hydrogens is 212 g/mol. The Labute approximate surface area is 103 Å². The molecule has 94 valence electrons. The Hall–Kier alpha value is -1.22. The van der Waals surface area contributed by atoms with Gasteiger partial charge in [-0.1, -0.05) is 6.07 Å². The van der Waals surface area contributed by atoms with Gasteiger partial charge in [0.25, 0.3) is 0 Å². The maximum absolute atomic E-state index is 9.80. The van der Waals surface area contributed by atoms with Gasteiger partial charge in [0, 0.05) is 24.5 Å².